The van der Waals surface area contributed by atoms with Gasteiger partial charge >= 0.3 is 5.97 Å². The Morgan fingerprint density at radius 3 is 2.05 bits per heavy atom. The molecule has 208 valence electrons. The van der Waals surface area contributed by atoms with Gasteiger partial charge in [-0.05, 0) is 41.4 Å². The van der Waals surface area contributed by atoms with Gasteiger partial charge in [0.25, 0.3) is 10.0 Å². The van der Waals surface area contributed by atoms with Gasteiger partial charge in [0, 0.05) is 16.8 Å². The molecule has 2 N–H and O–H groups in total. The van der Waals surface area contributed by atoms with Gasteiger partial charge in [-0.3, -0.25) is 9.52 Å². The Labute approximate surface area is 232 Å². The van der Waals surface area contributed by atoms with Gasteiger partial charge in [0.1, 0.15) is 5.82 Å². The number of pyridine rings is 1. The molecule has 0 bridgehead atoms. The van der Waals surface area contributed by atoms with E-state index in [0.717, 1.165) is 16.7 Å². The molecule has 0 saturated carbocycles. The quantitative estimate of drug-likeness (QED) is 0.258. The number of benzene rings is 2. The van der Waals surface area contributed by atoms with Crippen LogP contribution in [0.25, 0.3) is 10.8 Å². The number of nitrogens with zero attached hydrogens (tertiary/aromatic N) is 2. The maximum Gasteiger partial charge on any atom is 0.305 e. The molecule has 0 aliphatic rings. The van der Waals surface area contributed by atoms with E-state index in [1.54, 1.807) is 11.8 Å². The normalized spacial score (nSPS) is 12.6. The molecule has 0 aliphatic heterocycles. The number of anilines is 2. The molecule has 0 spiro atoms. The van der Waals surface area contributed by atoms with Crippen LogP contribution in [0.3, 0.4) is 0 Å². The number of carbonyl (C=O) groups is 1. The molecule has 1 atom stereocenters. The van der Waals surface area contributed by atoms with Crippen molar-refractivity contribution >= 4 is 38.3 Å². The zero-order chi connectivity index (χ0) is 29.1. The highest BCUT2D eigenvalue weighted by atomic mass is 32.2. The van der Waals surface area contributed by atoms with Crippen LogP contribution in [0.4, 0.5) is 11.5 Å². The first kappa shape index (κ1) is 30.0. The Kier molecular flexibility index (Phi) is 9.29. The summed E-state index contributed by atoms with van der Waals surface area (Å²) in [6.45, 7) is 14.2. The van der Waals surface area contributed by atoms with Crippen molar-refractivity contribution in [1.29, 1.82) is 0 Å². The first-order valence-corrected chi connectivity index (χ1v) is 14.8. The Bertz CT molecular complexity index is 1470. The van der Waals surface area contributed by atoms with E-state index in [1.807, 2.05) is 64.1 Å². The van der Waals surface area contributed by atoms with E-state index in [-0.39, 0.29) is 30.7 Å². The van der Waals surface area contributed by atoms with Crippen LogP contribution >= 0.6 is 0 Å². The molecule has 7 nitrogen and oxygen atoms in total. The molecular formula is C31H39N3O4S. The fourth-order valence-electron chi connectivity index (χ4n) is 4.78. The summed E-state index contributed by atoms with van der Waals surface area (Å²) in [7, 11) is -3.99. The topological polar surface area (TPSA) is 99.6 Å². The fraction of sp³-hybridized carbons (Fsp3) is 0.419. The number of carboxylic acids is 1. The predicted octanol–water partition coefficient (Wildman–Crippen LogP) is 6.71. The number of aliphatic carboxylic acids is 1. The molecule has 1 heterocycles. The van der Waals surface area contributed by atoms with Gasteiger partial charge in [-0.2, -0.15) is 0 Å². The van der Waals surface area contributed by atoms with Crippen molar-refractivity contribution in [2.75, 3.05) is 16.2 Å². The van der Waals surface area contributed by atoms with Gasteiger partial charge in [0.15, 0.2) is 0 Å². The van der Waals surface area contributed by atoms with Gasteiger partial charge < -0.3 is 10.0 Å². The van der Waals surface area contributed by atoms with Gasteiger partial charge in [0.05, 0.1) is 29.7 Å². The minimum Gasteiger partial charge on any atom is -0.481 e. The lowest BCUT2D eigenvalue weighted by atomic mass is 9.89. The zero-order valence-corrected chi connectivity index (χ0v) is 24.6. The Morgan fingerprint density at radius 2 is 1.56 bits per heavy atom. The largest absolute Gasteiger partial charge is 0.481 e. The molecule has 0 saturated heterocycles. The minimum absolute atomic E-state index is 0.00179. The summed E-state index contributed by atoms with van der Waals surface area (Å²) in [6.07, 6.45) is 6.97. The summed E-state index contributed by atoms with van der Waals surface area (Å²) in [4.78, 5) is 18.1. The summed E-state index contributed by atoms with van der Waals surface area (Å²) in [5.74, 6) is 2.41. The summed E-state index contributed by atoms with van der Waals surface area (Å²) < 4.78 is 31.0. The second-order valence-corrected chi connectivity index (χ2v) is 12.5. The van der Waals surface area contributed by atoms with Crippen molar-refractivity contribution in [3.8, 4) is 12.3 Å². The van der Waals surface area contributed by atoms with Crippen molar-refractivity contribution in [2.24, 2.45) is 0 Å². The highest BCUT2D eigenvalue weighted by Gasteiger charge is 2.28. The molecule has 0 amide bonds. The molecule has 39 heavy (non-hydrogen) atoms. The standard InChI is InChI=1S/C31H39N3O4S/c1-9-14-34(22(8)15-29(35)36)31-25-13-11-10-12-24(25)28(18-32-31)33-39(37,38)30-26(20(4)5)16-23(19(2)3)17-27(30)21(6)7/h1,10-13,16-22,33H,14-15H2,2-8H3,(H,35,36)/t22-/m0/s1. The van der Waals surface area contributed by atoms with Crippen LogP contribution in [0.15, 0.2) is 47.5 Å². The molecule has 3 rings (SSSR count). The monoisotopic (exact) mass is 549 g/mol. The number of rotatable bonds is 11. The lowest BCUT2D eigenvalue weighted by Crippen LogP contribution is -2.36. The van der Waals surface area contributed by atoms with E-state index in [4.69, 9.17) is 6.42 Å². The molecule has 8 heteroatoms. The zero-order valence-electron chi connectivity index (χ0n) is 23.8. The van der Waals surface area contributed by atoms with Crippen molar-refractivity contribution in [3.05, 3.63) is 59.3 Å². The van der Waals surface area contributed by atoms with Crippen molar-refractivity contribution < 1.29 is 18.3 Å². The van der Waals surface area contributed by atoms with Crippen molar-refractivity contribution in [2.45, 2.75) is 83.6 Å². The van der Waals surface area contributed by atoms with Crippen molar-refractivity contribution in [3.63, 3.8) is 0 Å². The number of terminal acetylenes is 1. The second kappa shape index (κ2) is 12.1. The highest BCUT2D eigenvalue weighted by Crippen LogP contribution is 2.38. The Hall–Kier alpha value is -3.57. The average molecular weight is 550 g/mol. The molecule has 3 aromatic rings. The molecule has 0 fully saturated rings. The van der Waals surface area contributed by atoms with Crippen LogP contribution in [0, 0.1) is 12.3 Å². The SMILES string of the molecule is C#CCN(c1ncc(NS(=O)(=O)c2c(C(C)C)cc(C(C)C)cc2C(C)C)c2ccccc12)[C@@H](C)CC(=O)O. The van der Waals surface area contributed by atoms with Gasteiger partial charge in [-0.25, -0.2) is 13.4 Å². The molecule has 0 aliphatic carbocycles. The van der Waals surface area contributed by atoms with Gasteiger partial charge in [-0.15, -0.1) is 6.42 Å². The first-order chi connectivity index (χ1) is 18.3. The third-order valence-corrected chi connectivity index (χ3v) is 8.40. The molecule has 0 radical (unpaired) electrons. The van der Waals surface area contributed by atoms with E-state index in [2.05, 4.69) is 29.5 Å². The van der Waals surface area contributed by atoms with Crippen LogP contribution in [0.5, 0.6) is 0 Å². The summed E-state index contributed by atoms with van der Waals surface area (Å²) in [5, 5.41) is 10.7. The smallest absolute Gasteiger partial charge is 0.305 e. The van der Waals surface area contributed by atoms with Crippen LogP contribution in [0.1, 0.15) is 89.3 Å². The number of fused-ring (bicyclic) bond motifs is 1. The van der Waals surface area contributed by atoms with Crippen LogP contribution < -0.4 is 9.62 Å². The number of hydrogen-bond acceptors (Lipinski definition) is 5. The van der Waals surface area contributed by atoms with E-state index < -0.39 is 22.0 Å². The number of aromatic nitrogens is 1. The van der Waals surface area contributed by atoms with Crippen LogP contribution in [-0.2, 0) is 14.8 Å². The van der Waals surface area contributed by atoms with Crippen LogP contribution in [-0.4, -0.2) is 37.1 Å². The summed E-state index contributed by atoms with van der Waals surface area (Å²) >= 11 is 0. The minimum atomic E-state index is -3.99. The maximum atomic E-state index is 14.1. The Balaban J connectivity index is 2.19. The third-order valence-electron chi connectivity index (χ3n) is 6.90. The lowest BCUT2D eigenvalue weighted by molar-refractivity contribution is -0.137. The Morgan fingerprint density at radius 1 is 1.00 bits per heavy atom. The van der Waals surface area contributed by atoms with E-state index in [0.29, 0.717) is 27.2 Å². The lowest BCUT2D eigenvalue weighted by Gasteiger charge is -2.29. The number of hydrogen-bond donors (Lipinski definition) is 2. The van der Waals surface area contributed by atoms with Crippen LogP contribution in [0.2, 0.25) is 0 Å². The van der Waals surface area contributed by atoms with E-state index >= 15 is 0 Å². The second-order valence-electron chi connectivity index (χ2n) is 10.9. The maximum absolute atomic E-state index is 14.1. The molecule has 0 unspecified atom stereocenters. The summed E-state index contributed by atoms with van der Waals surface area (Å²) in [5.41, 5.74) is 3.03. The van der Waals surface area contributed by atoms with E-state index in [9.17, 15) is 18.3 Å². The van der Waals surface area contributed by atoms with Gasteiger partial charge in [-0.1, -0.05) is 83.9 Å². The highest BCUT2D eigenvalue weighted by molar-refractivity contribution is 7.92. The number of nitrogens with one attached hydrogen (secondary N) is 1. The predicted molar refractivity (Wildman–Crippen MR) is 159 cm³/mol. The van der Waals surface area contributed by atoms with Gasteiger partial charge in [0.2, 0.25) is 0 Å². The van der Waals surface area contributed by atoms with Crippen molar-refractivity contribution in [1.82, 2.24) is 4.98 Å². The van der Waals surface area contributed by atoms with E-state index in [1.165, 1.54) is 6.20 Å². The molecule has 1 aromatic heterocycles. The fourth-order valence-corrected chi connectivity index (χ4v) is 6.55. The number of carboxylic acid groups (broad SMARTS) is 1. The third kappa shape index (κ3) is 6.54. The average Bonchev–Trinajstić information content (AvgIpc) is 2.86. The number of sulfonamides is 1. The first-order valence-electron chi connectivity index (χ1n) is 13.3. The summed E-state index contributed by atoms with van der Waals surface area (Å²) in [6, 6.07) is 10.9. The molecule has 2 aromatic carbocycles. The molecular weight excluding hydrogens is 510 g/mol.